The Morgan fingerprint density at radius 2 is 1.54 bits per heavy atom. The van der Waals surface area contributed by atoms with E-state index in [0.717, 1.165) is 19.2 Å². The molecule has 206 valence electrons. The molecule has 0 amide bonds. The highest BCUT2D eigenvalue weighted by atomic mass is 32.2. The number of esters is 1. The van der Waals surface area contributed by atoms with Crippen LogP contribution in [-0.4, -0.2) is 31.9 Å². The lowest BCUT2D eigenvalue weighted by molar-refractivity contribution is -0.394. The molecule has 11 nitrogen and oxygen atoms in total. The average Bonchev–Trinajstić information content (AvgIpc) is 2.92. The monoisotopic (exact) mass is 555 g/mol. The SMILES string of the molecule is COC(=O)[C@@](OCc1ccccc1)(c1ccccc1)[C@H](NS(=O)C(C)(C)C)c1ccc([N+](=O)[O-])cc1[N+](=O)[O-]. The maximum atomic E-state index is 13.8. The molecule has 0 saturated heterocycles. The topological polar surface area (TPSA) is 151 Å². The van der Waals surface area contributed by atoms with Crippen molar-refractivity contribution in [3.05, 3.63) is 116 Å². The van der Waals surface area contributed by atoms with Crippen molar-refractivity contribution in [3.8, 4) is 0 Å². The second-order valence-corrected chi connectivity index (χ2v) is 11.6. The molecule has 1 N–H and O–H groups in total. The molecule has 0 aliphatic heterocycles. The first kappa shape index (κ1) is 29.6. The van der Waals surface area contributed by atoms with Crippen molar-refractivity contribution >= 4 is 28.3 Å². The first-order chi connectivity index (χ1) is 18.4. The Balaban J connectivity index is 2.38. The fourth-order valence-electron chi connectivity index (χ4n) is 3.93. The normalized spacial score (nSPS) is 14.6. The number of ether oxygens (including phenoxy) is 2. The van der Waals surface area contributed by atoms with Gasteiger partial charge in [0.2, 0.25) is 5.60 Å². The van der Waals surface area contributed by atoms with E-state index in [2.05, 4.69) is 4.72 Å². The van der Waals surface area contributed by atoms with E-state index in [4.69, 9.17) is 9.47 Å². The van der Waals surface area contributed by atoms with Crippen molar-refractivity contribution in [3.63, 3.8) is 0 Å². The van der Waals surface area contributed by atoms with Crippen LogP contribution in [0.15, 0.2) is 78.9 Å². The molecule has 1 unspecified atom stereocenters. The molecule has 0 radical (unpaired) electrons. The summed E-state index contributed by atoms with van der Waals surface area (Å²) in [5.74, 6) is -0.916. The van der Waals surface area contributed by atoms with Crippen molar-refractivity contribution in [2.45, 2.75) is 43.8 Å². The number of benzene rings is 3. The average molecular weight is 556 g/mol. The van der Waals surface area contributed by atoms with E-state index in [-0.39, 0.29) is 17.7 Å². The number of nitro benzene ring substituents is 2. The highest BCUT2D eigenvalue weighted by Crippen LogP contribution is 2.45. The lowest BCUT2D eigenvalue weighted by atomic mass is 9.81. The Morgan fingerprint density at radius 1 is 0.949 bits per heavy atom. The lowest BCUT2D eigenvalue weighted by Crippen LogP contribution is -2.52. The van der Waals surface area contributed by atoms with Crippen molar-refractivity contribution < 1.29 is 28.3 Å². The van der Waals surface area contributed by atoms with Crippen LogP contribution < -0.4 is 4.72 Å². The Labute approximate surface area is 228 Å². The molecule has 0 fully saturated rings. The molecular weight excluding hydrogens is 526 g/mol. The van der Waals surface area contributed by atoms with Crippen molar-refractivity contribution in [2.75, 3.05) is 7.11 Å². The molecule has 0 aliphatic carbocycles. The van der Waals surface area contributed by atoms with Gasteiger partial charge in [0.25, 0.3) is 11.4 Å². The largest absolute Gasteiger partial charge is 0.467 e. The van der Waals surface area contributed by atoms with Crippen LogP contribution in [0.1, 0.15) is 43.5 Å². The van der Waals surface area contributed by atoms with E-state index in [0.29, 0.717) is 5.56 Å². The van der Waals surface area contributed by atoms with Crippen LogP contribution in [0.4, 0.5) is 11.4 Å². The van der Waals surface area contributed by atoms with Gasteiger partial charge in [-0.15, -0.1) is 0 Å². The summed E-state index contributed by atoms with van der Waals surface area (Å²) in [6, 6.07) is 18.7. The molecule has 0 saturated carbocycles. The molecular formula is C27H29N3O8S. The predicted octanol–water partition coefficient (Wildman–Crippen LogP) is 4.88. The molecule has 3 rings (SSSR count). The van der Waals surface area contributed by atoms with Gasteiger partial charge >= 0.3 is 5.97 Å². The molecule has 3 aromatic rings. The fraction of sp³-hybridized carbons (Fsp3) is 0.296. The zero-order chi connectivity index (χ0) is 28.8. The zero-order valence-corrected chi connectivity index (χ0v) is 22.7. The maximum Gasteiger partial charge on any atom is 0.344 e. The number of carbonyl (C=O) groups is 1. The van der Waals surface area contributed by atoms with Crippen molar-refractivity contribution in [1.82, 2.24) is 4.72 Å². The third-order valence-electron chi connectivity index (χ3n) is 5.92. The molecule has 0 aromatic heterocycles. The number of nitrogens with one attached hydrogen (secondary N) is 1. The molecule has 39 heavy (non-hydrogen) atoms. The third kappa shape index (κ3) is 6.53. The zero-order valence-electron chi connectivity index (χ0n) is 21.9. The van der Waals surface area contributed by atoms with Crippen LogP contribution >= 0.6 is 0 Å². The highest BCUT2D eigenvalue weighted by molar-refractivity contribution is 7.84. The van der Waals surface area contributed by atoms with Gasteiger partial charge in [0, 0.05) is 6.07 Å². The van der Waals surface area contributed by atoms with Crippen molar-refractivity contribution in [1.29, 1.82) is 0 Å². The van der Waals surface area contributed by atoms with E-state index >= 15 is 0 Å². The van der Waals surface area contributed by atoms with Gasteiger partial charge in [0.15, 0.2) is 0 Å². The number of methoxy groups -OCH3 is 1. The second-order valence-electron chi connectivity index (χ2n) is 9.56. The van der Waals surface area contributed by atoms with Crippen LogP contribution in [0.25, 0.3) is 0 Å². The van der Waals surface area contributed by atoms with Crippen LogP contribution in [0.3, 0.4) is 0 Å². The quantitative estimate of drug-likeness (QED) is 0.200. The second kappa shape index (κ2) is 12.2. The van der Waals surface area contributed by atoms with Gasteiger partial charge < -0.3 is 9.47 Å². The molecule has 0 aliphatic rings. The number of carbonyl (C=O) groups excluding carboxylic acids is 1. The first-order valence-electron chi connectivity index (χ1n) is 11.8. The minimum atomic E-state index is -2.10. The standard InChI is InChI=1S/C27H29N3O8S/c1-26(2,3)39(36)28-24(22-16-15-21(29(32)33)17-23(22)30(34)35)27(25(31)37-4,20-13-9-6-10-14-20)38-18-19-11-7-5-8-12-19/h5-17,24,28H,18H2,1-4H3/t24-,27-,39?/m1/s1. The van der Waals surface area contributed by atoms with Gasteiger partial charge in [0.05, 0.1) is 57.0 Å². The molecule has 3 aromatic carbocycles. The van der Waals surface area contributed by atoms with Crippen molar-refractivity contribution in [2.24, 2.45) is 0 Å². The number of non-ortho nitro benzene ring substituents is 1. The Kier molecular flexibility index (Phi) is 9.28. The summed E-state index contributed by atoms with van der Waals surface area (Å²) in [5, 5.41) is 23.6. The fourth-order valence-corrected chi connectivity index (χ4v) is 4.79. The van der Waals surface area contributed by atoms with Gasteiger partial charge in [-0.05, 0) is 38.0 Å². The number of hydrogen-bond acceptors (Lipinski definition) is 8. The van der Waals surface area contributed by atoms with Crippen LogP contribution in [0.5, 0.6) is 0 Å². The summed E-state index contributed by atoms with van der Waals surface area (Å²) >= 11 is 0. The minimum Gasteiger partial charge on any atom is -0.467 e. The Bertz CT molecular complexity index is 1360. The van der Waals surface area contributed by atoms with E-state index < -0.39 is 54.6 Å². The highest BCUT2D eigenvalue weighted by Gasteiger charge is 2.53. The van der Waals surface area contributed by atoms with E-state index in [9.17, 15) is 29.2 Å². The van der Waals surface area contributed by atoms with Crippen LogP contribution in [-0.2, 0) is 37.5 Å². The van der Waals surface area contributed by atoms with Gasteiger partial charge in [-0.25, -0.2) is 13.7 Å². The van der Waals surface area contributed by atoms with Crippen LogP contribution in [0.2, 0.25) is 0 Å². The summed E-state index contributed by atoms with van der Waals surface area (Å²) in [7, 11) is -0.738. The minimum absolute atomic E-state index is 0.119. The molecule has 0 heterocycles. The predicted molar refractivity (Wildman–Crippen MR) is 145 cm³/mol. The number of nitrogens with zero attached hydrogens (tertiary/aromatic N) is 2. The summed E-state index contributed by atoms with van der Waals surface area (Å²) in [5.41, 5.74) is -2.46. The van der Waals surface area contributed by atoms with E-state index in [1.807, 2.05) is 6.07 Å². The van der Waals surface area contributed by atoms with E-state index in [1.54, 1.807) is 75.4 Å². The molecule has 3 atom stereocenters. The molecule has 12 heteroatoms. The van der Waals surface area contributed by atoms with E-state index in [1.165, 1.54) is 6.07 Å². The number of hydrogen-bond donors (Lipinski definition) is 1. The Hall–Kier alpha value is -4.00. The van der Waals surface area contributed by atoms with Gasteiger partial charge in [0.1, 0.15) is 0 Å². The first-order valence-corrected chi connectivity index (χ1v) is 13.0. The van der Waals surface area contributed by atoms with Gasteiger partial charge in [-0.3, -0.25) is 20.2 Å². The molecule has 0 spiro atoms. The van der Waals surface area contributed by atoms with Gasteiger partial charge in [-0.2, -0.15) is 0 Å². The van der Waals surface area contributed by atoms with Gasteiger partial charge in [-0.1, -0.05) is 60.7 Å². The summed E-state index contributed by atoms with van der Waals surface area (Å²) in [4.78, 5) is 35.8. The smallest absolute Gasteiger partial charge is 0.344 e. The summed E-state index contributed by atoms with van der Waals surface area (Å²) in [6.07, 6.45) is 0. The lowest BCUT2D eigenvalue weighted by Gasteiger charge is -2.39. The summed E-state index contributed by atoms with van der Waals surface area (Å²) in [6.45, 7) is 4.94. The number of nitro groups is 2. The van der Waals surface area contributed by atoms with Crippen LogP contribution in [0, 0.1) is 20.2 Å². The number of rotatable bonds is 11. The third-order valence-corrected chi connectivity index (χ3v) is 7.48. The summed E-state index contributed by atoms with van der Waals surface area (Å²) < 4.78 is 27.1. The Morgan fingerprint density at radius 3 is 2.05 bits per heavy atom. The maximum absolute atomic E-state index is 13.8. The molecule has 0 bridgehead atoms.